The lowest BCUT2D eigenvalue weighted by Gasteiger charge is -2.07. The van der Waals surface area contributed by atoms with Crippen LogP contribution in [0.25, 0.3) is 11.1 Å². The summed E-state index contributed by atoms with van der Waals surface area (Å²) < 4.78 is 0. The first kappa shape index (κ1) is 10.1. The van der Waals surface area contributed by atoms with E-state index in [2.05, 4.69) is 72.8 Å². The summed E-state index contributed by atoms with van der Waals surface area (Å²) in [7, 11) is 0. The quantitative estimate of drug-likeness (QED) is 0.693. The fourth-order valence-electron chi connectivity index (χ4n) is 2.18. The van der Waals surface area contributed by atoms with Gasteiger partial charge in [-0.05, 0) is 16.7 Å². The highest BCUT2D eigenvalue weighted by Crippen LogP contribution is 2.26. The third-order valence-corrected chi connectivity index (χ3v) is 3.15. The van der Waals surface area contributed by atoms with Crippen LogP contribution in [0.3, 0.4) is 0 Å². The van der Waals surface area contributed by atoms with E-state index >= 15 is 0 Å². The molecule has 0 saturated heterocycles. The van der Waals surface area contributed by atoms with Gasteiger partial charge in [-0.1, -0.05) is 78.9 Å². The average molecular weight is 218 g/mol. The minimum absolute atomic E-state index is 0.458. The lowest BCUT2D eigenvalue weighted by molar-refractivity contribution is 1.10. The largest absolute Gasteiger partial charge is 0.0732 e. The molecule has 1 aliphatic rings. The van der Waals surface area contributed by atoms with Crippen LogP contribution in [0.1, 0.15) is 11.5 Å². The Hall–Kier alpha value is -2.08. The summed E-state index contributed by atoms with van der Waals surface area (Å²) in [6.45, 7) is 0. The van der Waals surface area contributed by atoms with Gasteiger partial charge in [0.15, 0.2) is 0 Å². The van der Waals surface area contributed by atoms with Crippen molar-refractivity contribution < 1.29 is 0 Å². The van der Waals surface area contributed by atoms with E-state index < -0.39 is 0 Å². The molecule has 0 bridgehead atoms. The Labute approximate surface area is 102 Å². The van der Waals surface area contributed by atoms with E-state index in [-0.39, 0.29) is 0 Å². The second kappa shape index (κ2) is 4.42. The van der Waals surface area contributed by atoms with Gasteiger partial charge in [0.1, 0.15) is 0 Å². The van der Waals surface area contributed by atoms with E-state index in [1.54, 1.807) is 0 Å². The van der Waals surface area contributed by atoms with Gasteiger partial charge < -0.3 is 0 Å². The maximum Gasteiger partial charge on any atom is 0.0204 e. The van der Waals surface area contributed by atoms with Gasteiger partial charge in [-0.25, -0.2) is 0 Å². The van der Waals surface area contributed by atoms with Gasteiger partial charge in [-0.15, -0.1) is 0 Å². The first-order valence-electron chi connectivity index (χ1n) is 5.94. The van der Waals surface area contributed by atoms with Crippen molar-refractivity contribution in [2.75, 3.05) is 0 Å². The highest BCUT2D eigenvalue weighted by Gasteiger charge is 2.06. The molecule has 0 heteroatoms. The van der Waals surface area contributed by atoms with Crippen LogP contribution in [-0.2, 0) is 0 Å². The molecule has 0 heterocycles. The predicted molar refractivity (Wildman–Crippen MR) is 72.9 cm³/mol. The maximum absolute atomic E-state index is 2.22. The summed E-state index contributed by atoms with van der Waals surface area (Å²) in [6, 6.07) is 19.3. The molecule has 3 rings (SSSR count). The molecule has 2 aromatic carbocycles. The van der Waals surface area contributed by atoms with E-state index in [1.807, 2.05) is 6.07 Å². The summed E-state index contributed by atoms with van der Waals surface area (Å²) >= 11 is 0. The summed E-state index contributed by atoms with van der Waals surface area (Å²) in [6.07, 6.45) is 8.65. The molecule has 0 unspecified atom stereocenters. The van der Waals surface area contributed by atoms with E-state index in [1.165, 1.54) is 16.7 Å². The summed E-state index contributed by atoms with van der Waals surface area (Å²) in [4.78, 5) is 0. The van der Waals surface area contributed by atoms with Crippen molar-refractivity contribution in [3.63, 3.8) is 0 Å². The Kier molecular flexibility index (Phi) is 2.63. The Morgan fingerprint density at radius 1 is 0.588 bits per heavy atom. The predicted octanol–water partition coefficient (Wildman–Crippen LogP) is 4.56. The van der Waals surface area contributed by atoms with Crippen LogP contribution in [-0.4, -0.2) is 0 Å². The Morgan fingerprint density at radius 2 is 1.18 bits per heavy atom. The molecule has 2 aromatic rings. The standard InChI is InChI=1S/C17H14/c1-2-6-14(7-3-1)16-10-12-17(13-11-16)15-8-4-5-9-15/h1-13,15H. The molecular weight excluding hydrogens is 204 g/mol. The molecule has 0 amide bonds. The van der Waals surface area contributed by atoms with Gasteiger partial charge in [0, 0.05) is 5.92 Å². The minimum atomic E-state index is 0.458. The highest BCUT2D eigenvalue weighted by atomic mass is 14.1. The number of rotatable bonds is 2. The van der Waals surface area contributed by atoms with Crippen molar-refractivity contribution in [1.29, 1.82) is 0 Å². The van der Waals surface area contributed by atoms with Crippen LogP contribution < -0.4 is 0 Å². The first-order valence-corrected chi connectivity index (χ1v) is 5.94. The fraction of sp³-hybridized carbons (Fsp3) is 0.0588. The van der Waals surface area contributed by atoms with Crippen LogP contribution in [0.4, 0.5) is 0 Å². The SMILES string of the molecule is C1=CC(c2ccc(-c3ccccc3)cc2)C=C1. The van der Waals surface area contributed by atoms with Gasteiger partial charge in [-0.2, -0.15) is 0 Å². The zero-order valence-electron chi connectivity index (χ0n) is 9.58. The normalized spacial score (nSPS) is 14.4. The molecule has 0 atom stereocenters. The lowest BCUT2D eigenvalue weighted by atomic mass is 9.97. The van der Waals surface area contributed by atoms with Gasteiger partial charge >= 0.3 is 0 Å². The molecular formula is C17H14. The Balaban J connectivity index is 1.90. The van der Waals surface area contributed by atoms with Gasteiger partial charge in [0.25, 0.3) is 0 Å². The average Bonchev–Trinajstić information content (AvgIpc) is 2.94. The smallest absolute Gasteiger partial charge is 0.0204 e. The summed E-state index contributed by atoms with van der Waals surface area (Å²) in [5.74, 6) is 0.458. The fourth-order valence-corrected chi connectivity index (χ4v) is 2.18. The highest BCUT2D eigenvalue weighted by molar-refractivity contribution is 5.63. The van der Waals surface area contributed by atoms with Crippen LogP contribution in [0.5, 0.6) is 0 Å². The molecule has 0 spiro atoms. The monoisotopic (exact) mass is 218 g/mol. The van der Waals surface area contributed by atoms with Crippen LogP contribution in [0.15, 0.2) is 78.9 Å². The number of hydrogen-bond acceptors (Lipinski definition) is 0. The molecule has 82 valence electrons. The van der Waals surface area contributed by atoms with Crippen molar-refractivity contribution in [3.05, 3.63) is 84.5 Å². The van der Waals surface area contributed by atoms with Crippen molar-refractivity contribution in [1.82, 2.24) is 0 Å². The second-order valence-electron chi connectivity index (χ2n) is 4.28. The Morgan fingerprint density at radius 3 is 1.82 bits per heavy atom. The van der Waals surface area contributed by atoms with Crippen LogP contribution in [0.2, 0.25) is 0 Å². The maximum atomic E-state index is 2.22. The van der Waals surface area contributed by atoms with Crippen molar-refractivity contribution in [3.8, 4) is 11.1 Å². The molecule has 0 saturated carbocycles. The summed E-state index contributed by atoms with van der Waals surface area (Å²) in [5, 5.41) is 0. The molecule has 0 fully saturated rings. The molecule has 17 heavy (non-hydrogen) atoms. The van der Waals surface area contributed by atoms with E-state index in [0.29, 0.717) is 5.92 Å². The van der Waals surface area contributed by atoms with Crippen LogP contribution in [0, 0.1) is 0 Å². The van der Waals surface area contributed by atoms with Crippen LogP contribution >= 0.6 is 0 Å². The number of hydrogen-bond donors (Lipinski definition) is 0. The first-order chi connectivity index (χ1) is 8.43. The van der Waals surface area contributed by atoms with Crippen molar-refractivity contribution in [2.24, 2.45) is 0 Å². The molecule has 1 aliphatic carbocycles. The number of allylic oxidation sites excluding steroid dienone is 4. The minimum Gasteiger partial charge on any atom is -0.0732 e. The second-order valence-corrected chi connectivity index (χ2v) is 4.28. The van der Waals surface area contributed by atoms with E-state index in [0.717, 1.165) is 0 Å². The molecule has 0 radical (unpaired) electrons. The molecule has 0 aliphatic heterocycles. The zero-order valence-corrected chi connectivity index (χ0v) is 9.58. The zero-order chi connectivity index (χ0) is 11.5. The number of benzene rings is 2. The van der Waals surface area contributed by atoms with Gasteiger partial charge in [0.2, 0.25) is 0 Å². The topological polar surface area (TPSA) is 0 Å². The van der Waals surface area contributed by atoms with Gasteiger partial charge in [-0.3, -0.25) is 0 Å². The van der Waals surface area contributed by atoms with E-state index in [9.17, 15) is 0 Å². The molecule has 0 N–H and O–H groups in total. The van der Waals surface area contributed by atoms with Gasteiger partial charge in [0.05, 0.1) is 0 Å². The van der Waals surface area contributed by atoms with Crippen molar-refractivity contribution in [2.45, 2.75) is 5.92 Å². The molecule has 0 nitrogen and oxygen atoms in total. The molecule has 0 aromatic heterocycles. The van der Waals surface area contributed by atoms with E-state index in [4.69, 9.17) is 0 Å². The summed E-state index contributed by atoms with van der Waals surface area (Å²) in [5.41, 5.74) is 3.91. The lowest BCUT2D eigenvalue weighted by Crippen LogP contribution is -1.88. The van der Waals surface area contributed by atoms with Crippen molar-refractivity contribution >= 4 is 0 Å². The Bertz CT molecular complexity index is 532. The third-order valence-electron chi connectivity index (χ3n) is 3.15. The third kappa shape index (κ3) is 2.07.